The Morgan fingerprint density at radius 3 is 1.74 bits per heavy atom. The molecule has 1 amide bonds. The number of carboxylic acid groups (broad SMARTS) is 1. The number of tetrazole rings is 1. The standard InChI is InChI=1S/C46H55N7O9S2Si/c1-46(2,3)53(45(54)55)44-39(11-10-26-47-44)38-24-25-40(63(56,57)27-28-65(7,8)9)42(41(38)43-48-50-52(49-43)31-34-16-22-37(62-6)23-17-34)64(58,59)51(29-32-12-18-35(60-4)19-13-32)30-33-14-20-36(61-5)21-15-33/h10-26H,27-31H2,1-9H3,(H,54,55). The van der Waals surface area contributed by atoms with Gasteiger partial charge in [-0.05, 0) is 109 Å². The smallest absolute Gasteiger partial charge is 0.413 e. The first-order chi connectivity index (χ1) is 30.6. The molecule has 16 nitrogen and oxygen atoms in total. The lowest BCUT2D eigenvalue weighted by Crippen LogP contribution is -2.46. The van der Waals surface area contributed by atoms with E-state index in [4.69, 9.17) is 19.3 Å². The van der Waals surface area contributed by atoms with E-state index in [-0.39, 0.29) is 53.7 Å². The predicted molar refractivity (Wildman–Crippen MR) is 251 cm³/mol. The quantitative estimate of drug-likeness (QED) is 0.0810. The predicted octanol–water partition coefficient (Wildman–Crippen LogP) is 8.26. The molecule has 1 N–H and O–H groups in total. The highest BCUT2D eigenvalue weighted by atomic mass is 32.2. The Balaban J connectivity index is 1.71. The minimum atomic E-state index is -4.92. The van der Waals surface area contributed by atoms with Gasteiger partial charge in [-0.15, -0.1) is 10.2 Å². The number of pyridine rings is 1. The maximum Gasteiger partial charge on any atom is 0.413 e. The fourth-order valence-electron chi connectivity index (χ4n) is 7.07. The molecule has 0 fully saturated rings. The fraction of sp³-hybridized carbons (Fsp3) is 0.326. The molecule has 19 heteroatoms. The van der Waals surface area contributed by atoms with Crippen LogP contribution in [0.4, 0.5) is 10.6 Å². The van der Waals surface area contributed by atoms with Gasteiger partial charge in [0.15, 0.2) is 9.84 Å². The van der Waals surface area contributed by atoms with E-state index in [1.54, 1.807) is 101 Å². The summed E-state index contributed by atoms with van der Waals surface area (Å²) in [5, 5.41) is 24.1. The van der Waals surface area contributed by atoms with Crippen LogP contribution in [0, 0.1) is 0 Å². The number of sulfone groups is 1. The van der Waals surface area contributed by atoms with Gasteiger partial charge in [0.1, 0.15) is 28.0 Å². The lowest BCUT2D eigenvalue weighted by atomic mass is 9.97. The lowest BCUT2D eigenvalue weighted by molar-refractivity contribution is 0.195. The Bertz CT molecular complexity index is 2800. The number of aromatic nitrogens is 5. The highest BCUT2D eigenvalue weighted by molar-refractivity contribution is 7.93. The number of anilines is 1. The number of methoxy groups -OCH3 is 3. The minimum Gasteiger partial charge on any atom is -0.497 e. The first kappa shape index (κ1) is 48.3. The van der Waals surface area contributed by atoms with Crippen molar-refractivity contribution in [2.24, 2.45) is 0 Å². The Morgan fingerprint density at radius 1 is 0.738 bits per heavy atom. The molecule has 65 heavy (non-hydrogen) atoms. The van der Waals surface area contributed by atoms with Crippen LogP contribution in [0.3, 0.4) is 0 Å². The second-order valence-electron chi connectivity index (χ2n) is 17.6. The number of carbonyl (C=O) groups is 1. The first-order valence-corrected chi connectivity index (χ1v) is 27.5. The summed E-state index contributed by atoms with van der Waals surface area (Å²) in [4.78, 5) is 18.9. The highest BCUT2D eigenvalue weighted by Crippen LogP contribution is 2.45. The number of rotatable bonds is 18. The summed E-state index contributed by atoms with van der Waals surface area (Å²) in [5.41, 5.74) is 1.02. The van der Waals surface area contributed by atoms with E-state index in [0.29, 0.717) is 34.4 Å². The molecule has 0 atom stereocenters. The maximum absolute atomic E-state index is 16.1. The monoisotopic (exact) mass is 941 g/mol. The minimum absolute atomic E-state index is 0.0228. The van der Waals surface area contributed by atoms with Crippen molar-refractivity contribution in [3.63, 3.8) is 0 Å². The van der Waals surface area contributed by atoms with Gasteiger partial charge in [0, 0.05) is 38.5 Å². The van der Waals surface area contributed by atoms with Gasteiger partial charge in [0.05, 0.1) is 44.1 Å². The second kappa shape index (κ2) is 19.5. The van der Waals surface area contributed by atoms with Gasteiger partial charge < -0.3 is 19.3 Å². The van der Waals surface area contributed by atoms with Gasteiger partial charge in [-0.1, -0.05) is 62.1 Å². The van der Waals surface area contributed by atoms with Crippen LogP contribution in [0.25, 0.3) is 22.5 Å². The summed E-state index contributed by atoms with van der Waals surface area (Å²) in [6, 6.07) is 27.3. The lowest BCUT2D eigenvalue weighted by Gasteiger charge is -2.33. The molecule has 0 unspecified atom stereocenters. The molecule has 0 aliphatic rings. The number of nitrogens with zero attached hydrogens (tertiary/aromatic N) is 7. The number of amides is 1. The van der Waals surface area contributed by atoms with Gasteiger partial charge in [0.25, 0.3) is 0 Å². The number of hydrogen-bond donors (Lipinski definition) is 1. The Hall–Kier alpha value is -6.15. The third kappa shape index (κ3) is 11.4. The normalized spacial score (nSPS) is 12.3. The first-order valence-electron chi connectivity index (χ1n) is 20.7. The van der Waals surface area contributed by atoms with Crippen molar-refractivity contribution in [2.75, 3.05) is 32.0 Å². The van der Waals surface area contributed by atoms with Crippen molar-refractivity contribution in [1.82, 2.24) is 29.5 Å². The van der Waals surface area contributed by atoms with E-state index >= 15 is 8.42 Å². The van der Waals surface area contributed by atoms with Crippen LogP contribution in [0.5, 0.6) is 17.2 Å². The van der Waals surface area contributed by atoms with E-state index < -0.39 is 49.4 Å². The average molecular weight is 942 g/mol. The zero-order chi connectivity index (χ0) is 47.3. The summed E-state index contributed by atoms with van der Waals surface area (Å²) >= 11 is 0. The molecule has 2 heterocycles. The SMILES string of the molecule is COc1ccc(CN(Cc2ccc(OC)cc2)S(=O)(=O)c2c(S(=O)(=O)CC[Si](C)(C)C)ccc(-c3cccnc3N(C(=O)O)C(C)(C)C)c2-c2nnn(Cc3ccc(OC)cc3)n2)cc1. The molecule has 6 rings (SSSR count). The molecule has 0 aliphatic heterocycles. The van der Waals surface area contributed by atoms with Crippen molar-refractivity contribution < 1.29 is 40.9 Å². The largest absolute Gasteiger partial charge is 0.497 e. The summed E-state index contributed by atoms with van der Waals surface area (Å²) in [6.07, 6.45) is 0.119. The molecule has 6 aromatic rings. The van der Waals surface area contributed by atoms with Gasteiger partial charge >= 0.3 is 6.09 Å². The van der Waals surface area contributed by atoms with Gasteiger partial charge in [-0.25, -0.2) is 26.6 Å². The van der Waals surface area contributed by atoms with Gasteiger partial charge in [-0.2, -0.15) is 9.10 Å². The van der Waals surface area contributed by atoms with Crippen LogP contribution in [0.1, 0.15) is 37.5 Å². The van der Waals surface area contributed by atoms with Crippen LogP contribution in [-0.2, 0) is 39.5 Å². The van der Waals surface area contributed by atoms with Crippen molar-refractivity contribution in [1.29, 1.82) is 0 Å². The second-order valence-corrected chi connectivity index (χ2v) is 27.1. The topological polar surface area (TPSA) is 196 Å². The third-order valence-electron chi connectivity index (χ3n) is 10.5. The van der Waals surface area contributed by atoms with E-state index in [1.807, 2.05) is 31.8 Å². The molecule has 0 radical (unpaired) electrons. The van der Waals surface area contributed by atoms with Crippen LogP contribution >= 0.6 is 0 Å². The Kier molecular flexibility index (Phi) is 14.5. The van der Waals surface area contributed by atoms with Crippen molar-refractivity contribution >= 4 is 39.8 Å². The molecule has 0 aliphatic carbocycles. The maximum atomic E-state index is 16.1. The molecular formula is C46H55N7O9S2Si. The fourth-order valence-corrected chi connectivity index (χ4v) is 13.8. The molecule has 0 bridgehead atoms. The Labute approximate surface area is 381 Å². The van der Waals surface area contributed by atoms with Crippen molar-refractivity contribution in [2.45, 2.75) is 81.4 Å². The average Bonchev–Trinajstić information content (AvgIpc) is 3.73. The molecule has 4 aromatic carbocycles. The van der Waals surface area contributed by atoms with Crippen LogP contribution in [0.2, 0.25) is 25.7 Å². The summed E-state index contributed by atoms with van der Waals surface area (Å²) in [5.74, 6) is 1.20. The van der Waals surface area contributed by atoms with Crippen molar-refractivity contribution in [3.05, 3.63) is 120 Å². The number of benzene rings is 4. The van der Waals surface area contributed by atoms with E-state index in [9.17, 15) is 18.3 Å². The molecule has 0 saturated carbocycles. The number of hydrogen-bond acceptors (Lipinski definition) is 12. The highest BCUT2D eigenvalue weighted by Gasteiger charge is 2.40. The van der Waals surface area contributed by atoms with Gasteiger partial charge in [-0.3, -0.25) is 4.90 Å². The van der Waals surface area contributed by atoms with Gasteiger partial charge in [0.2, 0.25) is 15.8 Å². The van der Waals surface area contributed by atoms with Crippen LogP contribution < -0.4 is 19.1 Å². The van der Waals surface area contributed by atoms with Crippen LogP contribution in [0.15, 0.2) is 113 Å². The third-order valence-corrected chi connectivity index (χ3v) is 16.4. The molecule has 344 valence electrons. The van der Waals surface area contributed by atoms with Crippen LogP contribution in [-0.4, -0.2) is 98.2 Å². The zero-order valence-electron chi connectivity index (χ0n) is 38.0. The number of sulfonamides is 1. The molecular weight excluding hydrogens is 887 g/mol. The van der Waals surface area contributed by atoms with E-state index in [2.05, 4.69) is 15.3 Å². The zero-order valence-corrected chi connectivity index (χ0v) is 40.6. The summed E-state index contributed by atoms with van der Waals surface area (Å²) in [7, 11) is -6.68. The Morgan fingerprint density at radius 2 is 1.26 bits per heavy atom. The van der Waals surface area contributed by atoms with E-state index in [0.717, 1.165) is 10.5 Å². The molecule has 0 spiro atoms. The molecule has 2 aromatic heterocycles. The number of ether oxygens (including phenoxy) is 3. The summed E-state index contributed by atoms with van der Waals surface area (Å²) < 4.78 is 79.2. The summed E-state index contributed by atoms with van der Waals surface area (Å²) in [6.45, 7) is 11.0. The molecule has 0 saturated heterocycles. The van der Waals surface area contributed by atoms with Crippen molar-refractivity contribution in [3.8, 4) is 39.8 Å². The van der Waals surface area contributed by atoms with E-state index in [1.165, 1.54) is 41.7 Å².